The zero-order valence-electron chi connectivity index (χ0n) is 7.62. The number of hydrogen-bond donors (Lipinski definition) is 1. The minimum atomic E-state index is -0.579. The minimum absolute atomic E-state index is 0.0228. The third-order valence-corrected chi connectivity index (χ3v) is 1.61. The molecule has 0 bridgehead atoms. The second-order valence-electron chi connectivity index (χ2n) is 2.38. The summed E-state index contributed by atoms with van der Waals surface area (Å²) in [6.45, 7) is 0. The fraction of sp³-hybridized carbons (Fsp3) is 0.222. The van der Waals surface area contributed by atoms with Crippen molar-refractivity contribution in [3.8, 4) is 11.5 Å². The van der Waals surface area contributed by atoms with Gasteiger partial charge in [0, 0.05) is 0 Å². The van der Waals surface area contributed by atoms with Gasteiger partial charge in [0.1, 0.15) is 11.5 Å². The highest BCUT2D eigenvalue weighted by Crippen LogP contribution is 2.16. The van der Waals surface area contributed by atoms with Crippen molar-refractivity contribution in [1.29, 1.82) is 0 Å². The molecule has 0 aliphatic carbocycles. The highest BCUT2D eigenvalue weighted by atomic mass is 35.5. The molecule has 1 aromatic rings. The zero-order chi connectivity index (χ0) is 10.4. The molecule has 0 aromatic heterocycles. The summed E-state index contributed by atoms with van der Waals surface area (Å²) in [5.41, 5.74) is 0. The Morgan fingerprint density at radius 3 is 2.43 bits per heavy atom. The van der Waals surface area contributed by atoms with Gasteiger partial charge in [-0.25, -0.2) is 4.79 Å². The maximum Gasteiger partial charge on any atom is 0.413 e. The number of nitrogens with one attached hydrogen (secondary N) is 1. The second-order valence-corrected chi connectivity index (χ2v) is 2.64. The highest BCUT2D eigenvalue weighted by Gasteiger charge is 2.02. The number of ether oxygens (including phenoxy) is 2. The van der Waals surface area contributed by atoms with Crippen molar-refractivity contribution in [2.45, 2.75) is 0 Å². The van der Waals surface area contributed by atoms with Gasteiger partial charge in [-0.1, -0.05) is 0 Å². The van der Waals surface area contributed by atoms with Crippen LogP contribution in [-0.4, -0.2) is 19.2 Å². The molecule has 0 aliphatic rings. The number of alkyl halides is 1. The monoisotopic (exact) mass is 215 g/mol. The molecule has 0 saturated carbocycles. The summed E-state index contributed by atoms with van der Waals surface area (Å²) < 4.78 is 9.81. The number of rotatable bonds is 3. The van der Waals surface area contributed by atoms with Gasteiger partial charge in [0.05, 0.1) is 13.1 Å². The number of carbonyl (C=O) groups excluding carboxylic acids is 1. The fourth-order valence-electron chi connectivity index (χ4n) is 0.841. The van der Waals surface area contributed by atoms with Gasteiger partial charge in [-0.2, -0.15) is 0 Å². The predicted molar refractivity (Wildman–Crippen MR) is 52.9 cm³/mol. The summed E-state index contributed by atoms with van der Waals surface area (Å²) in [6, 6.07) is 6.68. The second kappa shape index (κ2) is 5.34. The standard InChI is InChI=1S/C9H10ClNO3/c1-13-7-2-4-8(5-3-7)14-9(12)11-6-10/h2-5H,6H2,1H3,(H,11,12). The van der Waals surface area contributed by atoms with Crippen LogP contribution in [0.25, 0.3) is 0 Å². The molecular formula is C9H10ClNO3. The zero-order valence-corrected chi connectivity index (χ0v) is 8.38. The van der Waals surface area contributed by atoms with Crippen molar-refractivity contribution in [2.24, 2.45) is 0 Å². The molecule has 0 aliphatic heterocycles. The fourth-order valence-corrected chi connectivity index (χ4v) is 0.951. The molecule has 0 spiro atoms. The van der Waals surface area contributed by atoms with Crippen molar-refractivity contribution in [1.82, 2.24) is 5.32 Å². The Labute approximate surface area is 86.8 Å². The number of benzene rings is 1. The molecule has 0 saturated heterocycles. The van der Waals surface area contributed by atoms with Gasteiger partial charge < -0.3 is 14.8 Å². The molecule has 0 fully saturated rings. The Bertz CT molecular complexity index is 299. The van der Waals surface area contributed by atoms with Crippen LogP contribution in [0, 0.1) is 0 Å². The van der Waals surface area contributed by atoms with E-state index >= 15 is 0 Å². The maximum atomic E-state index is 10.9. The Balaban J connectivity index is 2.55. The van der Waals surface area contributed by atoms with E-state index in [4.69, 9.17) is 21.1 Å². The van der Waals surface area contributed by atoms with Crippen molar-refractivity contribution in [3.05, 3.63) is 24.3 Å². The largest absolute Gasteiger partial charge is 0.497 e. The van der Waals surface area contributed by atoms with Gasteiger partial charge in [-0.15, -0.1) is 11.6 Å². The molecule has 1 amide bonds. The molecule has 76 valence electrons. The van der Waals surface area contributed by atoms with Crippen molar-refractivity contribution < 1.29 is 14.3 Å². The summed E-state index contributed by atoms with van der Waals surface area (Å²) in [4.78, 5) is 10.9. The lowest BCUT2D eigenvalue weighted by Gasteiger charge is -2.04. The maximum absolute atomic E-state index is 10.9. The first-order valence-electron chi connectivity index (χ1n) is 3.92. The minimum Gasteiger partial charge on any atom is -0.497 e. The molecule has 1 rings (SSSR count). The number of hydrogen-bond acceptors (Lipinski definition) is 3. The van der Waals surface area contributed by atoms with Gasteiger partial charge in [-0.3, -0.25) is 0 Å². The molecule has 0 heterocycles. The van der Waals surface area contributed by atoms with E-state index in [1.807, 2.05) is 0 Å². The van der Waals surface area contributed by atoms with Crippen LogP contribution in [0.15, 0.2) is 24.3 Å². The van der Waals surface area contributed by atoms with E-state index in [2.05, 4.69) is 5.32 Å². The third-order valence-electron chi connectivity index (χ3n) is 1.48. The van der Waals surface area contributed by atoms with Gasteiger partial charge in [0.25, 0.3) is 0 Å². The quantitative estimate of drug-likeness (QED) is 0.620. The summed E-state index contributed by atoms with van der Waals surface area (Å²) in [5.74, 6) is 1.14. The SMILES string of the molecule is COc1ccc(OC(=O)NCCl)cc1. The molecule has 0 unspecified atom stereocenters. The van der Waals surface area contributed by atoms with Crippen LogP contribution in [0.4, 0.5) is 4.79 Å². The van der Waals surface area contributed by atoms with E-state index < -0.39 is 6.09 Å². The van der Waals surface area contributed by atoms with E-state index in [9.17, 15) is 4.79 Å². The Morgan fingerprint density at radius 1 is 1.36 bits per heavy atom. The summed E-state index contributed by atoms with van der Waals surface area (Å²) >= 11 is 5.28. The topological polar surface area (TPSA) is 47.6 Å². The van der Waals surface area contributed by atoms with Crippen LogP contribution in [0.3, 0.4) is 0 Å². The lowest BCUT2D eigenvalue weighted by atomic mass is 10.3. The highest BCUT2D eigenvalue weighted by molar-refractivity contribution is 6.18. The average molecular weight is 216 g/mol. The van der Waals surface area contributed by atoms with Crippen LogP contribution in [-0.2, 0) is 0 Å². The molecular weight excluding hydrogens is 206 g/mol. The summed E-state index contributed by atoms with van der Waals surface area (Å²) in [5, 5.41) is 2.30. The number of carbonyl (C=O) groups is 1. The molecule has 14 heavy (non-hydrogen) atoms. The van der Waals surface area contributed by atoms with E-state index in [0.717, 1.165) is 0 Å². The first-order chi connectivity index (χ1) is 6.76. The molecule has 1 aromatic carbocycles. The van der Waals surface area contributed by atoms with Gasteiger partial charge in [-0.05, 0) is 24.3 Å². The predicted octanol–water partition coefficient (Wildman–Crippen LogP) is 1.98. The van der Waals surface area contributed by atoms with Crippen LogP contribution in [0.5, 0.6) is 11.5 Å². The van der Waals surface area contributed by atoms with Crippen molar-refractivity contribution in [3.63, 3.8) is 0 Å². The van der Waals surface area contributed by atoms with E-state index in [1.54, 1.807) is 31.4 Å². The molecule has 0 radical (unpaired) electrons. The van der Waals surface area contributed by atoms with Crippen molar-refractivity contribution in [2.75, 3.05) is 13.1 Å². The van der Waals surface area contributed by atoms with Crippen LogP contribution in [0.1, 0.15) is 0 Å². The number of methoxy groups -OCH3 is 1. The van der Waals surface area contributed by atoms with E-state index in [-0.39, 0.29) is 6.00 Å². The molecule has 4 nitrogen and oxygen atoms in total. The Morgan fingerprint density at radius 2 is 1.93 bits per heavy atom. The first kappa shape index (κ1) is 10.7. The summed E-state index contributed by atoms with van der Waals surface area (Å²) in [6.07, 6.45) is -0.579. The van der Waals surface area contributed by atoms with Crippen LogP contribution >= 0.6 is 11.6 Å². The molecule has 1 N–H and O–H groups in total. The normalized spacial score (nSPS) is 9.29. The summed E-state index contributed by atoms with van der Waals surface area (Å²) in [7, 11) is 1.57. The molecule has 0 atom stereocenters. The van der Waals surface area contributed by atoms with Gasteiger partial charge in [0.2, 0.25) is 0 Å². The Kier molecular flexibility index (Phi) is 4.07. The van der Waals surface area contributed by atoms with E-state index in [1.165, 1.54) is 0 Å². The van der Waals surface area contributed by atoms with Crippen LogP contribution < -0.4 is 14.8 Å². The van der Waals surface area contributed by atoms with E-state index in [0.29, 0.717) is 11.5 Å². The molecule has 5 heteroatoms. The smallest absolute Gasteiger partial charge is 0.413 e. The lowest BCUT2D eigenvalue weighted by molar-refractivity contribution is 0.202. The van der Waals surface area contributed by atoms with Gasteiger partial charge >= 0.3 is 6.09 Å². The van der Waals surface area contributed by atoms with Crippen LogP contribution in [0.2, 0.25) is 0 Å². The van der Waals surface area contributed by atoms with Crippen molar-refractivity contribution >= 4 is 17.7 Å². The Hall–Kier alpha value is -1.42. The third kappa shape index (κ3) is 3.14. The average Bonchev–Trinajstić information content (AvgIpc) is 2.19. The lowest BCUT2D eigenvalue weighted by Crippen LogP contribution is -2.25. The number of halogens is 1. The number of amides is 1. The van der Waals surface area contributed by atoms with Gasteiger partial charge in [0.15, 0.2) is 0 Å². The first-order valence-corrected chi connectivity index (χ1v) is 4.45.